The first-order valence-corrected chi connectivity index (χ1v) is 7.94. The average molecular weight is 312 g/mol. The predicted molar refractivity (Wildman–Crippen MR) is 77.7 cm³/mol. The van der Waals surface area contributed by atoms with E-state index >= 15 is 0 Å². The zero-order valence-corrected chi connectivity index (χ0v) is 12.6. The van der Waals surface area contributed by atoms with Gasteiger partial charge in [0.25, 0.3) is 0 Å². The number of methoxy groups -OCH3 is 1. The van der Waals surface area contributed by atoms with Crippen LogP contribution in [-0.4, -0.2) is 29.5 Å². The van der Waals surface area contributed by atoms with Crippen LogP contribution in [0.3, 0.4) is 0 Å². The van der Waals surface area contributed by atoms with Crippen LogP contribution in [0.2, 0.25) is 0 Å². The molecular weight excluding hydrogens is 299 g/mol. The third kappa shape index (κ3) is 3.34. The van der Waals surface area contributed by atoms with Crippen LogP contribution in [0.25, 0.3) is 0 Å². The number of esters is 1. The number of benzene rings is 1. The molecule has 0 aliphatic carbocycles. The van der Waals surface area contributed by atoms with Crippen molar-refractivity contribution in [3.8, 4) is 0 Å². The first-order valence-electron chi connectivity index (χ1n) is 5.73. The summed E-state index contributed by atoms with van der Waals surface area (Å²) in [4.78, 5) is 12.7. The smallest absolute Gasteiger partial charge is 0.342 e. The van der Waals surface area contributed by atoms with Gasteiger partial charge in [0.15, 0.2) is 0 Å². The lowest BCUT2D eigenvalue weighted by Gasteiger charge is -2.03. The molecule has 106 valence electrons. The third-order valence-electron chi connectivity index (χ3n) is 2.59. The van der Waals surface area contributed by atoms with Crippen molar-refractivity contribution in [3.63, 3.8) is 0 Å². The van der Waals surface area contributed by atoms with Crippen LogP contribution in [0.5, 0.6) is 0 Å². The molecule has 2 rings (SSSR count). The second-order valence-corrected chi connectivity index (χ2v) is 5.66. The van der Waals surface area contributed by atoms with Crippen LogP contribution in [0.4, 0.5) is 4.39 Å². The van der Waals surface area contributed by atoms with Gasteiger partial charge < -0.3 is 4.74 Å². The molecule has 1 aromatic carbocycles. The Hall–Kier alpha value is -1.47. The van der Waals surface area contributed by atoms with Gasteiger partial charge in [-0.3, -0.25) is 5.10 Å². The maximum atomic E-state index is 12.8. The quantitative estimate of drug-likeness (QED) is 0.678. The van der Waals surface area contributed by atoms with Gasteiger partial charge in [-0.25, -0.2) is 9.18 Å². The largest absolute Gasteiger partial charge is 0.465 e. The fraction of sp³-hybridized carbons (Fsp3) is 0.231. The topological polar surface area (TPSA) is 55.0 Å². The molecular formula is C13H13FN2O2S2. The molecule has 0 fully saturated rings. The summed E-state index contributed by atoms with van der Waals surface area (Å²) in [5.41, 5.74) is 1.17. The molecule has 0 radical (unpaired) electrons. The summed E-state index contributed by atoms with van der Waals surface area (Å²) >= 11 is 2.87. The first kappa shape index (κ1) is 14.9. The lowest BCUT2D eigenvalue weighted by Crippen LogP contribution is -2.04. The fourth-order valence-corrected chi connectivity index (χ4v) is 3.01. The van der Waals surface area contributed by atoms with Crippen LogP contribution < -0.4 is 0 Å². The molecule has 4 nitrogen and oxygen atoms in total. The van der Waals surface area contributed by atoms with E-state index < -0.39 is 5.97 Å². The standard InChI is InChI=1S/C13H13FN2O2S2/c1-18-13(17)11-10(15-16-12(11)19-2)7-20-9-5-3-8(14)4-6-9/h3-6H,7H2,1-2H3,(H,15,16). The molecule has 7 heteroatoms. The van der Waals surface area contributed by atoms with Gasteiger partial charge in [0.1, 0.15) is 16.4 Å². The van der Waals surface area contributed by atoms with E-state index in [1.54, 1.807) is 12.1 Å². The summed E-state index contributed by atoms with van der Waals surface area (Å²) in [6.45, 7) is 0. The number of hydrogen-bond donors (Lipinski definition) is 1. The molecule has 0 saturated heterocycles. The molecule has 0 spiro atoms. The number of thioether (sulfide) groups is 2. The Balaban J connectivity index is 2.15. The third-order valence-corrected chi connectivity index (χ3v) is 4.31. The number of halogens is 1. The monoisotopic (exact) mass is 312 g/mol. The number of H-pyrrole nitrogens is 1. The van der Waals surface area contributed by atoms with E-state index in [1.807, 2.05) is 6.26 Å². The average Bonchev–Trinajstić information content (AvgIpc) is 2.89. The molecule has 1 N–H and O–H groups in total. The highest BCUT2D eigenvalue weighted by atomic mass is 32.2. The minimum absolute atomic E-state index is 0.268. The fourth-order valence-electron chi connectivity index (χ4n) is 1.61. The number of aromatic nitrogens is 2. The maximum absolute atomic E-state index is 12.8. The minimum atomic E-state index is -0.405. The predicted octanol–water partition coefficient (Wildman–Crippen LogP) is 3.35. The lowest BCUT2D eigenvalue weighted by atomic mass is 10.3. The van der Waals surface area contributed by atoms with Crippen molar-refractivity contribution >= 4 is 29.5 Å². The molecule has 0 saturated carbocycles. The number of hydrogen-bond acceptors (Lipinski definition) is 5. The molecule has 20 heavy (non-hydrogen) atoms. The molecule has 0 unspecified atom stereocenters. The zero-order valence-electron chi connectivity index (χ0n) is 11.0. The number of rotatable bonds is 5. The van der Waals surface area contributed by atoms with Gasteiger partial charge in [-0.05, 0) is 30.5 Å². The van der Waals surface area contributed by atoms with Crippen LogP contribution >= 0.6 is 23.5 Å². The van der Waals surface area contributed by atoms with E-state index in [-0.39, 0.29) is 5.82 Å². The molecule has 1 heterocycles. The molecule has 0 aliphatic heterocycles. The summed E-state index contributed by atoms with van der Waals surface area (Å²) < 4.78 is 17.6. The van der Waals surface area contributed by atoms with Crippen molar-refractivity contribution in [2.75, 3.05) is 13.4 Å². The molecule has 0 bridgehead atoms. The lowest BCUT2D eigenvalue weighted by molar-refractivity contribution is 0.0596. The SMILES string of the molecule is COC(=O)c1c(SC)n[nH]c1CSc1ccc(F)cc1. The van der Waals surface area contributed by atoms with Gasteiger partial charge in [0.2, 0.25) is 0 Å². The zero-order chi connectivity index (χ0) is 14.5. The number of carbonyl (C=O) groups excluding carboxylic acids is 1. The van der Waals surface area contributed by atoms with Crippen molar-refractivity contribution in [3.05, 3.63) is 41.3 Å². The number of ether oxygens (including phenoxy) is 1. The summed E-state index contributed by atoms with van der Waals surface area (Å²) in [6.07, 6.45) is 1.85. The van der Waals surface area contributed by atoms with Gasteiger partial charge in [-0.15, -0.1) is 23.5 Å². The molecule has 2 aromatic rings. The minimum Gasteiger partial charge on any atom is -0.465 e. The first-order chi connectivity index (χ1) is 9.65. The van der Waals surface area contributed by atoms with Crippen LogP contribution in [0.15, 0.2) is 34.2 Å². The van der Waals surface area contributed by atoms with Crippen LogP contribution in [-0.2, 0) is 10.5 Å². The highest BCUT2D eigenvalue weighted by Crippen LogP contribution is 2.28. The Morgan fingerprint density at radius 3 is 2.70 bits per heavy atom. The number of nitrogens with zero attached hydrogens (tertiary/aromatic N) is 1. The van der Waals surface area contributed by atoms with Crippen LogP contribution in [0, 0.1) is 5.82 Å². The van der Waals surface area contributed by atoms with Crippen LogP contribution in [0.1, 0.15) is 16.1 Å². The summed E-state index contributed by atoms with van der Waals surface area (Å²) in [5.74, 6) is -0.141. The van der Waals surface area contributed by atoms with Crippen molar-refractivity contribution < 1.29 is 13.9 Å². The van der Waals surface area contributed by atoms with E-state index in [9.17, 15) is 9.18 Å². The highest BCUT2D eigenvalue weighted by molar-refractivity contribution is 7.99. The maximum Gasteiger partial charge on any atom is 0.342 e. The number of nitrogens with one attached hydrogen (secondary N) is 1. The second kappa shape index (κ2) is 6.81. The Bertz CT molecular complexity index is 599. The molecule has 0 atom stereocenters. The molecule has 1 aromatic heterocycles. The number of aromatic amines is 1. The van der Waals surface area contributed by atoms with Gasteiger partial charge in [-0.1, -0.05) is 0 Å². The van der Waals surface area contributed by atoms with Gasteiger partial charge in [0, 0.05) is 10.6 Å². The van der Waals surface area contributed by atoms with E-state index in [4.69, 9.17) is 4.74 Å². The number of carbonyl (C=O) groups is 1. The Kier molecular flexibility index (Phi) is 5.08. The van der Waals surface area contributed by atoms with Crippen molar-refractivity contribution in [1.29, 1.82) is 0 Å². The highest BCUT2D eigenvalue weighted by Gasteiger charge is 2.20. The Morgan fingerprint density at radius 1 is 1.40 bits per heavy atom. The summed E-state index contributed by atoms with van der Waals surface area (Å²) in [6, 6.07) is 6.21. The van der Waals surface area contributed by atoms with Crippen molar-refractivity contribution in [2.45, 2.75) is 15.7 Å². The normalized spacial score (nSPS) is 10.6. The van der Waals surface area contributed by atoms with E-state index in [0.717, 1.165) is 4.90 Å². The van der Waals surface area contributed by atoms with E-state index in [2.05, 4.69) is 10.2 Å². The second-order valence-electron chi connectivity index (χ2n) is 3.82. The Labute approximate surface area is 124 Å². The van der Waals surface area contributed by atoms with Crippen molar-refractivity contribution in [2.24, 2.45) is 0 Å². The van der Waals surface area contributed by atoms with E-state index in [0.29, 0.717) is 22.0 Å². The van der Waals surface area contributed by atoms with Gasteiger partial charge >= 0.3 is 5.97 Å². The Morgan fingerprint density at radius 2 is 2.10 bits per heavy atom. The summed E-state index contributed by atoms with van der Waals surface area (Å²) in [5, 5.41) is 7.57. The van der Waals surface area contributed by atoms with Crippen molar-refractivity contribution in [1.82, 2.24) is 10.2 Å². The summed E-state index contributed by atoms with van der Waals surface area (Å²) in [7, 11) is 1.34. The van der Waals surface area contributed by atoms with Gasteiger partial charge in [-0.2, -0.15) is 5.10 Å². The van der Waals surface area contributed by atoms with Gasteiger partial charge in [0.05, 0.1) is 12.8 Å². The molecule has 0 amide bonds. The molecule has 0 aliphatic rings. The van der Waals surface area contributed by atoms with E-state index in [1.165, 1.54) is 42.8 Å².